The molecule has 6 radical (unpaired) electrons. The number of rotatable bonds is 0. The zero-order chi connectivity index (χ0) is 0. The molecule has 5 heavy (non-hydrogen) atoms. The first-order valence-corrected chi connectivity index (χ1v) is 0. The molecule has 32 valence electrons. The van der Waals surface area contributed by atoms with Crippen LogP contribution in [0.15, 0.2) is 0 Å². The molecule has 0 aromatic carbocycles. The summed E-state index contributed by atoms with van der Waals surface area (Å²) in [5, 5.41) is 0. The molecule has 0 nitrogen and oxygen atoms in total. The van der Waals surface area contributed by atoms with Crippen molar-refractivity contribution in [2.24, 2.45) is 0 Å². The fourth-order valence-electron chi connectivity index (χ4n) is 0. The van der Waals surface area contributed by atoms with E-state index in [0.717, 1.165) is 0 Å². The first kappa shape index (κ1) is 60.7. The molecule has 0 spiro atoms. The first-order valence-electron chi connectivity index (χ1n) is 0. The normalized spacial score (nSPS) is 0. The number of hydrogen-bond acceptors (Lipinski definition) is 0. The van der Waals surface area contributed by atoms with Crippen molar-refractivity contribution in [2.75, 3.05) is 0 Å². The molecule has 0 saturated heterocycles. The maximum absolute atomic E-state index is 0. The van der Waals surface area contributed by atoms with Gasteiger partial charge in [-0.05, 0) is 11.0 Å². The quantitative estimate of drug-likeness (QED) is 0.456. The Morgan fingerprint density at radius 3 is 1.00 bits per heavy atom. The van der Waals surface area contributed by atoms with Crippen molar-refractivity contribution in [1.82, 2.24) is 0 Å². The van der Waals surface area contributed by atoms with Gasteiger partial charge in [0.1, 0.15) is 0 Å². The monoisotopic (exact) mass is 250 g/mol. The summed E-state index contributed by atoms with van der Waals surface area (Å²) in [5.74, 6) is 0. The SMILES string of the molecule is [B].[Cr].[Cu].[Nb].[SiH3]. The van der Waals surface area contributed by atoms with Gasteiger partial charge in [0.05, 0.1) is 0 Å². The molecule has 0 unspecified atom stereocenters. The van der Waals surface area contributed by atoms with Gasteiger partial charge in [-0.2, -0.15) is 0 Å². The Kier molecular flexibility index (Phi) is 441. The van der Waals surface area contributed by atoms with Gasteiger partial charge in [0.15, 0.2) is 0 Å². The van der Waals surface area contributed by atoms with E-state index in [0.29, 0.717) is 0 Å². The van der Waals surface area contributed by atoms with Crippen LogP contribution in [0.5, 0.6) is 0 Å². The Bertz CT molecular complexity index is 11.6. The molecule has 0 amide bonds. The van der Waals surface area contributed by atoms with Crippen LogP contribution < -0.4 is 0 Å². The molecular formula is H3BCrCuNbSi. The van der Waals surface area contributed by atoms with E-state index in [2.05, 4.69) is 0 Å². The molecule has 0 atom stereocenters. The van der Waals surface area contributed by atoms with Crippen LogP contribution in [-0.2, 0) is 56.8 Å². The molecule has 0 aliphatic heterocycles. The fourth-order valence-corrected chi connectivity index (χ4v) is 0. The summed E-state index contributed by atoms with van der Waals surface area (Å²) in [4.78, 5) is 0. The van der Waals surface area contributed by atoms with Crippen molar-refractivity contribution in [3.8, 4) is 0 Å². The maximum atomic E-state index is 0. The van der Waals surface area contributed by atoms with Gasteiger partial charge >= 0.3 is 0 Å². The van der Waals surface area contributed by atoms with Crippen LogP contribution in [0.2, 0.25) is 0 Å². The van der Waals surface area contributed by atoms with Crippen molar-refractivity contribution in [3.63, 3.8) is 0 Å². The van der Waals surface area contributed by atoms with Crippen LogP contribution >= 0.6 is 0 Å². The van der Waals surface area contributed by atoms with Gasteiger partial charge in [-0.3, -0.25) is 0 Å². The van der Waals surface area contributed by atoms with Gasteiger partial charge in [-0.1, -0.05) is 0 Å². The molecule has 0 aromatic heterocycles. The average Bonchev–Trinajstić information content (AvgIpc) is 0. The van der Waals surface area contributed by atoms with Gasteiger partial charge in [0, 0.05) is 65.2 Å². The standard InChI is InChI=1S/B.Cr.Cu.Nb.H3Si/h;;;;1H3. The van der Waals surface area contributed by atoms with E-state index in [4.69, 9.17) is 0 Å². The second-order valence-electron chi connectivity index (χ2n) is 0. The van der Waals surface area contributed by atoms with E-state index in [1.165, 1.54) is 0 Å². The van der Waals surface area contributed by atoms with E-state index >= 15 is 0 Å². The topological polar surface area (TPSA) is 0 Å². The second kappa shape index (κ2) is 36.4. The van der Waals surface area contributed by atoms with Crippen LogP contribution in [0.1, 0.15) is 0 Å². The molecule has 0 rings (SSSR count). The van der Waals surface area contributed by atoms with E-state index in [-0.39, 0.29) is 76.2 Å². The molecule has 0 aromatic rings. The van der Waals surface area contributed by atoms with Crippen LogP contribution in [-0.4, -0.2) is 19.4 Å². The maximum Gasteiger partial charge on any atom is 0 e. The van der Waals surface area contributed by atoms with E-state index in [1.807, 2.05) is 0 Å². The van der Waals surface area contributed by atoms with Gasteiger partial charge in [0.2, 0.25) is 0 Å². The van der Waals surface area contributed by atoms with Crippen molar-refractivity contribution in [1.29, 1.82) is 0 Å². The third-order valence-electron chi connectivity index (χ3n) is 0. The molecule has 0 N–H and O–H groups in total. The fraction of sp³-hybridized carbons (Fsp3) is 0. The summed E-state index contributed by atoms with van der Waals surface area (Å²) in [6.07, 6.45) is 0. The third-order valence-corrected chi connectivity index (χ3v) is 0. The van der Waals surface area contributed by atoms with Crippen LogP contribution in [0.25, 0.3) is 0 Å². The summed E-state index contributed by atoms with van der Waals surface area (Å²) >= 11 is 0. The molecule has 0 aliphatic rings. The molecule has 0 heterocycles. The summed E-state index contributed by atoms with van der Waals surface area (Å²) in [6.45, 7) is 0. The average molecular weight is 250 g/mol. The van der Waals surface area contributed by atoms with E-state index in [1.54, 1.807) is 0 Å². The minimum atomic E-state index is 0. The minimum Gasteiger partial charge on any atom is -0.0125 e. The zero-order valence-corrected chi connectivity index (χ0v) is 9.15. The second-order valence-corrected chi connectivity index (χ2v) is 0. The zero-order valence-electron chi connectivity index (χ0n) is 2.73. The van der Waals surface area contributed by atoms with Gasteiger partial charge in [-0.25, -0.2) is 0 Å². The Hall–Kier alpha value is 2.07. The van der Waals surface area contributed by atoms with Crippen LogP contribution in [0.4, 0.5) is 0 Å². The smallest absolute Gasteiger partial charge is 0 e. The third kappa shape index (κ3) is 23.4. The minimum absolute atomic E-state index is 0. The molecule has 0 bridgehead atoms. The predicted molar refractivity (Wildman–Crippen MR) is 15.7 cm³/mol. The predicted octanol–water partition coefficient (Wildman–Crippen LogP) is -1.57. The molecular weight excluding hydrogens is 247 g/mol. The molecule has 0 fully saturated rings. The largest absolute Gasteiger partial charge is 0.0125 e. The summed E-state index contributed by atoms with van der Waals surface area (Å²) in [7, 11) is 0. The van der Waals surface area contributed by atoms with Gasteiger partial charge in [-0.15, -0.1) is 0 Å². The van der Waals surface area contributed by atoms with Crippen molar-refractivity contribution >= 4 is 19.4 Å². The first-order chi connectivity index (χ1) is 0. The number of hydrogen-bond donors (Lipinski definition) is 0. The van der Waals surface area contributed by atoms with Crippen molar-refractivity contribution in [2.45, 2.75) is 0 Å². The molecule has 0 saturated carbocycles. The summed E-state index contributed by atoms with van der Waals surface area (Å²) in [5.41, 5.74) is 0. The molecule has 5 heteroatoms. The molecule has 0 aliphatic carbocycles. The van der Waals surface area contributed by atoms with E-state index < -0.39 is 0 Å². The van der Waals surface area contributed by atoms with Gasteiger partial charge < -0.3 is 0 Å². The summed E-state index contributed by atoms with van der Waals surface area (Å²) in [6, 6.07) is 0. The van der Waals surface area contributed by atoms with Crippen LogP contribution in [0.3, 0.4) is 0 Å². The Balaban J connectivity index is 0. The Morgan fingerprint density at radius 1 is 1.00 bits per heavy atom. The summed E-state index contributed by atoms with van der Waals surface area (Å²) < 4.78 is 0. The van der Waals surface area contributed by atoms with Crippen molar-refractivity contribution < 1.29 is 56.8 Å². The van der Waals surface area contributed by atoms with Gasteiger partial charge in [0.25, 0.3) is 0 Å². The Morgan fingerprint density at radius 2 is 1.00 bits per heavy atom. The van der Waals surface area contributed by atoms with E-state index in [9.17, 15) is 0 Å². The van der Waals surface area contributed by atoms with Crippen LogP contribution in [0, 0.1) is 0 Å². The van der Waals surface area contributed by atoms with Crippen molar-refractivity contribution in [3.05, 3.63) is 0 Å². The Labute approximate surface area is 75.6 Å².